The minimum absolute atomic E-state index is 0.136. The lowest BCUT2D eigenvalue weighted by molar-refractivity contribution is 0.240. The lowest BCUT2D eigenvalue weighted by atomic mass is 9.83. The summed E-state index contributed by atoms with van der Waals surface area (Å²) in [7, 11) is 0. The summed E-state index contributed by atoms with van der Waals surface area (Å²) in [6.45, 7) is 12.6. The second-order valence-electron chi connectivity index (χ2n) is 9.33. The molecule has 0 bridgehead atoms. The number of halogens is 2. The molecule has 1 heterocycles. The van der Waals surface area contributed by atoms with Crippen LogP contribution in [0.2, 0.25) is 0 Å². The van der Waals surface area contributed by atoms with Crippen molar-refractivity contribution in [3.63, 3.8) is 0 Å². The second kappa shape index (κ2) is 12.2. The topological polar surface area (TPSA) is 66.1 Å². The molecule has 0 aromatic heterocycles. The Labute approximate surface area is 231 Å². The van der Waals surface area contributed by atoms with E-state index >= 15 is 0 Å². The third-order valence-corrected chi connectivity index (χ3v) is 6.53. The largest absolute Gasteiger partial charge is 0.491 e. The summed E-state index contributed by atoms with van der Waals surface area (Å²) in [5, 5.41) is 0. The molecule has 1 aliphatic rings. The molecule has 7 heteroatoms. The zero-order valence-electron chi connectivity index (χ0n) is 21.6. The molecule has 1 atom stereocenters. The van der Waals surface area contributed by atoms with Gasteiger partial charge in [0.25, 0.3) is 6.02 Å². The summed E-state index contributed by atoms with van der Waals surface area (Å²) in [5.41, 5.74) is 9.52. The zero-order valence-corrected chi connectivity index (χ0v) is 24.8. The lowest BCUT2D eigenvalue weighted by Gasteiger charge is -2.26. The maximum absolute atomic E-state index is 5.85. The van der Waals surface area contributed by atoms with Gasteiger partial charge in [0.15, 0.2) is 5.54 Å². The Bertz CT molecular complexity index is 1230. The lowest BCUT2D eigenvalue weighted by Crippen LogP contribution is -2.27. The van der Waals surface area contributed by atoms with Gasteiger partial charge in [-0.3, -0.25) is 0 Å². The van der Waals surface area contributed by atoms with Crippen LogP contribution in [0.4, 0.5) is 0 Å². The van der Waals surface area contributed by atoms with Gasteiger partial charge in [-0.15, -0.1) is 0 Å². The number of nitrogens with zero attached hydrogens (tertiary/aromatic N) is 1. The molecule has 36 heavy (non-hydrogen) atoms. The van der Waals surface area contributed by atoms with Crippen LogP contribution in [0, 0.1) is 13.8 Å². The van der Waals surface area contributed by atoms with E-state index in [0.29, 0.717) is 6.61 Å². The first kappa shape index (κ1) is 28.1. The summed E-state index contributed by atoms with van der Waals surface area (Å²) < 4.78 is 19.0. The highest BCUT2D eigenvalue weighted by Crippen LogP contribution is 2.40. The van der Waals surface area contributed by atoms with E-state index in [1.807, 2.05) is 84.0 Å². The average molecular weight is 618 g/mol. The van der Waals surface area contributed by atoms with Crippen molar-refractivity contribution in [2.75, 3.05) is 6.61 Å². The van der Waals surface area contributed by atoms with Crippen molar-refractivity contribution in [3.05, 3.63) is 91.9 Å². The Balaban J connectivity index is 0.000000253. The molecule has 1 aliphatic heterocycles. The molecule has 2 N–H and O–H groups in total. The number of amidine groups is 1. The van der Waals surface area contributed by atoms with Crippen molar-refractivity contribution in [1.29, 1.82) is 0 Å². The number of hydrogen-bond acceptors (Lipinski definition) is 5. The van der Waals surface area contributed by atoms with E-state index < -0.39 is 5.54 Å². The molecule has 0 saturated heterocycles. The van der Waals surface area contributed by atoms with Crippen molar-refractivity contribution in [1.82, 2.24) is 0 Å². The minimum Gasteiger partial charge on any atom is -0.491 e. The van der Waals surface area contributed by atoms with Gasteiger partial charge in [0.05, 0.1) is 12.2 Å². The number of hydrogen-bond donors (Lipinski definition) is 1. The Morgan fingerprint density at radius 3 is 1.86 bits per heavy atom. The molecule has 0 fully saturated rings. The minimum atomic E-state index is -0.630. The number of aliphatic imine (C=N–C) groups is 1. The van der Waals surface area contributed by atoms with E-state index in [2.05, 4.69) is 55.1 Å². The monoisotopic (exact) mass is 616 g/mol. The summed E-state index contributed by atoms with van der Waals surface area (Å²) >= 11 is 6.94. The van der Waals surface area contributed by atoms with Crippen molar-refractivity contribution in [3.8, 4) is 11.5 Å². The first-order chi connectivity index (χ1) is 17.0. The fourth-order valence-corrected chi connectivity index (χ4v) is 4.81. The number of nitrogens with two attached hydrogens (primary N) is 1. The molecule has 0 amide bonds. The summed E-state index contributed by atoms with van der Waals surface area (Å²) in [6.07, 6.45) is 0.377. The van der Waals surface area contributed by atoms with Gasteiger partial charge in [-0.1, -0.05) is 50.1 Å². The third kappa shape index (κ3) is 7.04. The Hall–Kier alpha value is -2.51. The van der Waals surface area contributed by atoms with Gasteiger partial charge >= 0.3 is 0 Å². The van der Waals surface area contributed by atoms with Crippen LogP contribution in [0.1, 0.15) is 49.9 Å². The van der Waals surface area contributed by atoms with Crippen LogP contribution in [-0.2, 0) is 10.3 Å². The highest BCUT2D eigenvalue weighted by molar-refractivity contribution is 9.10. The fraction of sp³-hybridized carbons (Fsp3) is 0.345. The van der Waals surface area contributed by atoms with Gasteiger partial charge in [0.2, 0.25) is 0 Å². The van der Waals surface area contributed by atoms with Gasteiger partial charge in [-0.25, -0.2) is 4.99 Å². The van der Waals surface area contributed by atoms with Crippen LogP contribution >= 0.6 is 31.9 Å². The second-order valence-corrected chi connectivity index (χ2v) is 11.2. The molecule has 0 spiro atoms. The maximum atomic E-state index is 5.85. The van der Waals surface area contributed by atoms with Crippen molar-refractivity contribution >= 4 is 37.9 Å². The predicted molar refractivity (Wildman–Crippen MR) is 154 cm³/mol. The van der Waals surface area contributed by atoms with Gasteiger partial charge in [0.1, 0.15) is 18.1 Å². The summed E-state index contributed by atoms with van der Waals surface area (Å²) in [5.74, 6) is 1.85. The summed E-state index contributed by atoms with van der Waals surface area (Å²) in [6, 6.07) is 20.5. The molecule has 192 valence electrons. The summed E-state index contributed by atoms with van der Waals surface area (Å²) in [4.78, 5) is 4.64. The number of ether oxygens (including phenoxy) is 3. The van der Waals surface area contributed by atoms with E-state index in [1.165, 1.54) is 0 Å². The molecular formula is C29H34Br2N2O3. The van der Waals surface area contributed by atoms with Crippen molar-refractivity contribution < 1.29 is 14.2 Å². The maximum Gasteiger partial charge on any atom is 0.283 e. The van der Waals surface area contributed by atoms with Crippen LogP contribution in [0.25, 0.3) is 0 Å². The highest BCUT2D eigenvalue weighted by Gasteiger charge is 2.40. The van der Waals surface area contributed by atoms with Gasteiger partial charge < -0.3 is 19.9 Å². The number of aryl methyl sites for hydroxylation is 2. The third-order valence-electron chi connectivity index (χ3n) is 5.55. The normalized spacial score (nSPS) is 16.8. The molecular weight excluding hydrogens is 584 g/mol. The van der Waals surface area contributed by atoms with E-state index in [0.717, 1.165) is 42.7 Å². The van der Waals surface area contributed by atoms with E-state index in [-0.39, 0.29) is 18.2 Å². The van der Waals surface area contributed by atoms with Gasteiger partial charge in [-0.05, 0) is 106 Å². The highest BCUT2D eigenvalue weighted by atomic mass is 79.9. The van der Waals surface area contributed by atoms with Crippen LogP contribution in [0.15, 0.2) is 74.6 Å². The zero-order chi connectivity index (χ0) is 26.5. The predicted octanol–water partition coefficient (Wildman–Crippen LogP) is 7.68. The molecule has 5 nitrogen and oxygen atoms in total. The molecule has 3 aromatic rings. The quantitative estimate of drug-likeness (QED) is 0.308. The number of rotatable bonds is 6. The molecule has 0 saturated carbocycles. The molecule has 0 radical (unpaired) electrons. The molecule has 4 rings (SSSR count). The van der Waals surface area contributed by atoms with Crippen LogP contribution in [0.5, 0.6) is 11.5 Å². The Morgan fingerprint density at radius 1 is 0.806 bits per heavy atom. The van der Waals surface area contributed by atoms with Crippen LogP contribution < -0.4 is 15.2 Å². The Morgan fingerprint density at radius 2 is 1.36 bits per heavy atom. The first-order valence-electron chi connectivity index (χ1n) is 11.9. The van der Waals surface area contributed by atoms with Gasteiger partial charge in [-0.2, -0.15) is 0 Å². The van der Waals surface area contributed by atoms with Crippen LogP contribution in [-0.4, -0.2) is 24.8 Å². The fourth-order valence-electron chi connectivity index (χ4n) is 3.93. The Kier molecular flexibility index (Phi) is 9.47. The molecule has 0 aliphatic carbocycles. The standard InChI is InChI=1S/C19H21BrN2O2.C10H13BrO/c1-12(2)24-17-8-7-15(9-13(17)3)19(11-23-18(21)22-19)14-5-4-6-16(20)10-14;1-7(2)12-10-5-4-9(11)6-8(10)3/h4-10,12H,11H2,1-3H3,(H2,21,22);4-7H,1-3H3. The first-order valence-corrected chi connectivity index (χ1v) is 13.5. The average Bonchev–Trinajstić information content (AvgIpc) is 3.20. The SMILES string of the molecule is Cc1cc(Br)ccc1OC(C)C.Cc1cc(C2(c3cccc(Br)c3)COC(N)=N2)ccc1OC(C)C. The number of benzene rings is 3. The van der Waals surface area contributed by atoms with E-state index in [9.17, 15) is 0 Å². The van der Waals surface area contributed by atoms with Crippen LogP contribution in [0.3, 0.4) is 0 Å². The molecule has 3 aromatic carbocycles. The smallest absolute Gasteiger partial charge is 0.283 e. The van der Waals surface area contributed by atoms with Crippen molar-refractivity contribution in [2.24, 2.45) is 10.7 Å². The van der Waals surface area contributed by atoms with E-state index in [4.69, 9.17) is 19.9 Å². The van der Waals surface area contributed by atoms with Gasteiger partial charge in [0, 0.05) is 8.95 Å². The van der Waals surface area contributed by atoms with E-state index in [1.54, 1.807) is 0 Å². The van der Waals surface area contributed by atoms with Crippen molar-refractivity contribution in [2.45, 2.75) is 59.3 Å². The molecule has 1 unspecified atom stereocenters.